The summed E-state index contributed by atoms with van der Waals surface area (Å²) >= 11 is 0. The molecule has 5 saturated carbocycles. The summed E-state index contributed by atoms with van der Waals surface area (Å²) < 4.78 is 12.1. The van der Waals surface area contributed by atoms with Gasteiger partial charge in [-0.3, -0.25) is 9.69 Å². The highest BCUT2D eigenvalue weighted by atomic mass is 17.2. The maximum Gasteiger partial charge on any atom is 0.219 e. The average Bonchev–Trinajstić information content (AvgIpc) is 2.94. The smallest absolute Gasteiger partial charge is 0.219 e. The molecule has 1 heterocycles. The van der Waals surface area contributed by atoms with Crippen LogP contribution in [0.15, 0.2) is 24.3 Å². The lowest BCUT2D eigenvalue weighted by atomic mass is 9.53. The summed E-state index contributed by atoms with van der Waals surface area (Å²) in [4.78, 5) is 28.2. The maximum absolute atomic E-state index is 11.5. The molecule has 1 aromatic carbocycles. The lowest BCUT2D eigenvalue weighted by Gasteiger charge is -2.58. The van der Waals surface area contributed by atoms with Gasteiger partial charge in [-0.2, -0.15) is 0 Å². The summed E-state index contributed by atoms with van der Waals surface area (Å²) in [6.45, 7) is 6.70. The summed E-state index contributed by atoms with van der Waals surface area (Å²) in [5, 5.41) is 0. The van der Waals surface area contributed by atoms with Gasteiger partial charge in [-0.05, 0) is 93.2 Å². The van der Waals surface area contributed by atoms with Crippen LogP contribution in [0.4, 0.5) is 0 Å². The first-order valence-corrected chi connectivity index (χ1v) is 15.1. The summed E-state index contributed by atoms with van der Waals surface area (Å²) in [7, 11) is 1.83. The molecule has 0 unspecified atom stereocenters. The zero-order valence-electron chi connectivity index (χ0n) is 23.3. The topological polar surface area (TPSA) is 60.5 Å². The number of hydrogen-bond acceptors (Lipinski definition) is 6. The molecule has 5 aliphatic carbocycles. The molecular formula is C31H46N2O5. The minimum absolute atomic E-state index is 0.162. The molecule has 7 heteroatoms. The van der Waals surface area contributed by atoms with Gasteiger partial charge in [0, 0.05) is 58.6 Å². The van der Waals surface area contributed by atoms with E-state index in [1.54, 1.807) is 6.92 Å². The Kier molecular flexibility index (Phi) is 7.99. The minimum atomic E-state index is -0.511. The maximum atomic E-state index is 11.5. The molecule has 0 radical (unpaired) electrons. The van der Waals surface area contributed by atoms with Gasteiger partial charge >= 0.3 is 0 Å². The van der Waals surface area contributed by atoms with Crippen molar-refractivity contribution >= 4 is 5.91 Å². The molecule has 210 valence electrons. The fraction of sp³-hybridized carbons (Fsp3) is 0.774. The molecule has 7 nitrogen and oxygen atoms in total. The summed E-state index contributed by atoms with van der Waals surface area (Å²) in [5.41, 5.74) is 1.39. The van der Waals surface area contributed by atoms with Crippen LogP contribution in [0.2, 0.25) is 0 Å². The minimum Gasteiger partial charge on any atom is -0.492 e. The molecular weight excluding hydrogens is 480 g/mol. The van der Waals surface area contributed by atoms with Crippen LogP contribution in [0.1, 0.15) is 76.2 Å². The standard InChI is InChI=1S/C31H46N2O5/c1-22(34)33-13-11-32(12-14-33)15-16-36-29-7-3-25(4-8-29)26-5-9-30(10-6-26)37-38-31(35-2)27-18-23-17-24(20-27)21-28(31)19-23/h3-4,7-8,23-24,26-28,30H,5-6,9-21H2,1-2H3. The molecule has 0 atom stereocenters. The first kappa shape index (κ1) is 26.5. The predicted octanol–water partition coefficient (Wildman–Crippen LogP) is 5.00. The van der Waals surface area contributed by atoms with Crippen molar-refractivity contribution in [3.05, 3.63) is 29.8 Å². The van der Waals surface area contributed by atoms with Gasteiger partial charge in [0.1, 0.15) is 12.4 Å². The van der Waals surface area contributed by atoms with Gasteiger partial charge in [0.05, 0.1) is 6.10 Å². The number of nitrogens with zero attached hydrogens (tertiary/aromatic N) is 2. The van der Waals surface area contributed by atoms with E-state index in [1.807, 2.05) is 12.0 Å². The fourth-order valence-electron chi connectivity index (χ4n) is 8.40. The van der Waals surface area contributed by atoms with Crippen LogP contribution in [0.5, 0.6) is 5.75 Å². The molecule has 0 N–H and O–H groups in total. The summed E-state index contributed by atoms with van der Waals surface area (Å²) in [6, 6.07) is 8.70. The quantitative estimate of drug-likeness (QED) is 0.256. The second-order valence-electron chi connectivity index (χ2n) is 12.6. The van der Waals surface area contributed by atoms with E-state index in [-0.39, 0.29) is 12.0 Å². The van der Waals surface area contributed by atoms with Gasteiger partial charge in [0.15, 0.2) is 0 Å². The Morgan fingerprint density at radius 3 is 2.11 bits per heavy atom. The highest BCUT2D eigenvalue weighted by Gasteiger charge is 2.60. The Balaban J connectivity index is 0.921. The Morgan fingerprint density at radius 2 is 1.53 bits per heavy atom. The van der Waals surface area contributed by atoms with Crippen molar-refractivity contribution < 1.29 is 24.0 Å². The number of methoxy groups -OCH3 is 1. The average molecular weight is 527 g/mol. The number of carbonyl (C=O) groups is 1. The van der Waals surface area contributed by atoms with Gasteiger partial charge in [0.2, 0.25) is 11.7 Å². The normalized spacial score (nSPS) is 36.9. The third-order valence-corrected chi connectivity index (χ3v) is 10.4. The van der Waals surface area contributed by atoms with Crippen molar-refractivity contribution in [2.75, 3.05) is 46.4 Å². The number of carbonyl (C=O) groups excluding carboxylic acids is 1. The zero-order chi connectivity index (χ0) is 26.1. The third kappa shape index (κ3) is 5.49. The molecule has 6 fully saturated rings. The van der Waals surface area contributed by atoms with Crippen LogP contribution in [-0.2, 0) is 19.3 Å². The lowest BCUT2D eigenvalue weighted by Crippen LogP contribution is -2.60. The van der Waals surface area contributed by atoms with E-state index < -0.39 is 5.79 Å². The number of benzene rings is 1. The van der Waals surface area contributed by atoms with E-state index in [4.69, 9.17) is 19.2 Å². The Labute approximate surface area is 228 Å². The van der Waals surface area contributed by atoms with Crippen LogP contribution in [0.3, 0.4) is 0 Å². The SMILES string of the molecule is COC1(OOC2CCC(c3ccc(OCCN4CCN(C(C)=O)CC4)cc3)CC2)C2CC3CC(C2)CC1C3. The lowest BCUT2D eigenvalue weighted by molar-refractivity contribution is -0.485. The van der Waals surface area contributed by atoms with E-state index in [1.165, 1.54) is 37.7 Å². The molecule has 1 aromatic rings. The Bertz CT molecular complexity index is 908. The number of hydrogen-bond donors (Lipinski definition) is 0. The van der Waals surface area contributed by atoms with Crippen LogP contribution < -0.4 is 4.74 Å². The number of piperazine rings is 1. The fourth-order valence-corrected chi connectivity index (χ4v) is 8.40. The highest BCUT2D eigenvalue weighted by molar-refractivity contribution is 5.73. The summed E-state index contributed by atoms with van der Waals surface area (Å²) in [6.07, 6.45) is 10.9. The van der Waals surface area contributed by atoms with Gasteiger partial charge in [-0.25, -0.2) is 9.78 Å². The largest absolute Gasteiger partial charge is 0.492 e. The molecule has 7 rings (SSSR count). The second-order valence-corrected chi connectivity index (χ2v) is 12.6. The third-order valence-electron chi connectivity index (χ3n) is 10.4. The monoisotopic (exact) mass is 526 g/mol. The van der Waals surface area contributed by atoms with Crippen molar-refractivity contribution in [1.82, 2.24) is 9.80 Å². The Morgan fingerprint density at radius 1 is 0.895 bits per heavy atom. The van der Waals surface area contributed by atoms with E-state index in [2.05, 4.69) is 29.2 Å². The molecule has 38 heavy (non-hydrogen) atoms. The van der Waals surface area contributed by atoms with Crippen molar-refractivity contribution in [3.63, 3.8) is 0 Å². The molecule has 0 spiro atoms. The van der Waals surface area contributed by atoms with Crippen LogP contribution in [-0.4, -0.2) is 74.0 Å². The van der Waals surface area contributed by atoms with Gasteiger partial charge in [0.25, 0.3) is 0 Å². The molecule has 0 aromatic heterocycles. The van der Waals surface area contributed by atoms with Crippen molar-refractivity contribution in [3.8, 4) is 5.75 Å². The second kappa shape index (κ2) is 11.4. The van der Waals surface area contributed by atoms with Gasteiger partial charge in [-0.1, -0.05) is 12.1 Å². The van der Waals surface area contributed by atoms with E-state index in [9.17, 15) is 4.79 Å². The van der Waals surface area contributed by atoms with E-state index in [0.717, 1.165) is 76.0 Å². The highest BCUT2D eigenvalue weighted by Crippen LogP contribution is 2.60. The predicted molar refractivity (Wildman–Crippen MR) is 145 cm³/mol. The van der Waals surface area contributed by atoms with Crippen molar-refractivity contribution in [2.45, 2.75) is 82.5 Å². The Hall–Kier alpha value is -1.67. The molecule has 6 aliphatic rings. The molecule has 1 aliphatic heterocycles. The summed E-state index contributed by atoms with van der Waals surface area (Å²) in [5.74, 6) is 3.92. The van der Waals surface area contributed by atoms with Gasteiger partial charge < -0.3 is 14.4 Å². The van der Waals surface area contributed by atoms with Crippen LogP contribution in [0.25, 0.3) is 0 Å². The van der Waals surface area contributed by atoms with Crippen LogP contribution in [0, 0.1) is 23.7 Å². The number of amides is 1. The van der Waals surface area contributed by atoms with Crippen molar-refractivity contribution in [2.24, 2.45) is 23.7 Å². The van der Waals surface area contributed by atoms with Gasteiger partial charge in [-0.15, -0.1) is 0 Å². The molecule has 1 amide bonds. The van der Waals surface area contributed by atoms with Crippen molar-refractivity contribution in [1.29, 1.82) is 0 Å². The number of ether oxygens (including phenoxy) is 2. The first-order valence-electron chi connectivity index (χ1n) is 15.1. The zero-order valence-corrected chi connectivity index (χ0v) is 23.3. The first-order chi connectivity index (χ1) is 18.5. The number of rotatable bonds is 9. The van der Waals surface area contributed by atoms with E-state index >= 15 is 0 Å². The molecule has 4 bridgehead atoms. The van der Waals surface area contributed by atoms with E-state index in [0.29, 0.717) is 24.4 Å². The van der Waals surface area contributed by atoms with Crippen LogP contribution >= 0.6 is 0 Å². The molecule has 1 saturated heterocycles.